The molecule has 2 aromatic rings. The van der Waals surface area contributed by atoms with Crippen LogP contribution in [0.15, 0.2) is 46.9 Å². The van der Waals surface area contributed by atoms with Crippen LogP contribution in [0.5, 0.6) is 5.75 Å². The highest BCUT2D eigenvalue weighted by atomic mass is 79.9. The van der Waals surface area contributed by atoms with Crippen LogP contribution in [0.2, 0.25) is 0 Å². The Morgan fingerprint density at radius 1 is 1.12 bits per heavy atom. The van der Waals surface area contributed by atoms with Gasteiger partial charge >= 0.3 is 5.97 Å². The Hall–Kier alpha value is -1.85. The summed E-state index contributed by atoms with van der Waals surface area (Å²) in [6.45, 7) is 9.41. The molecule has 0 aliphatic heterocycles. The highest BCUT2D eigenvalue weighted by Gasteiger charge is 2.19. The number of ether oxygens (including phenoxy) is 1. The summed E-state index contributed by atoms with van der Waals surface area (Å²) >= 11 is 3.42. The van der Waals surface area contributed by atoms with Crippen molar-refractivity contribution >= 4 is 21.9 Å². The first-order chi connectivity index (χ1) is 12.3. The van der Waals surface area contributed by atoms with E-state index >= 15 is 0 Å². The first-order valence-electron chi connectivity index (χ1n) is 8.82. The number of esters is 1. The summed E-state index contributed by atoms with van der Waals surface area (Å²) < 4.78 is 6.14. The molecule has 0 saturated heterocycles. The Labute approximate surface area is 163 Å². The lowest BCUT2D eigenvalue weighted by molar-refractivity contribution is 0.0414. The molecule has 0 aromatic heterocycles. The Morgan fingerprint density at radius 2 is 1.73 bits per heavy atom. The summed E-state index contributed by atoms with van der Waals surface area (Å²) in [5.74, 6) is -0.581. The minimum Gasteiger partial charge on any atom is -0.506 e. The van der Waals surface area contributed by atoms with Crippen LogP contribution >= 0.6 is 15.9 Å². The molecule has 0 unspecified atom stereocenters. The van der Waals surface area contributed by atoms with E-state index in [0.717, 1.165) is 5.56 Å². The van der Waals surface area contributed by atoms with Crippen molar-refractivity contribution in [3.63, 3.8) is 0 Å². The van der Waals surface area contributed by atoms with E-state index in [1.807, 2.05) is 30.3 Å². The third-order valence-corrected chi connectivity index (χ3v) is 4.75. The molecule has 0 fully saturated rings. The zero-order valence-electron chi connectivity index (χ0n) is 15.7. The molecular weight excluding hydrogens is 394 g/mol. The van der Waals surface area contributed by atoms with E-state index in [9.17, 15) is 9.90 Å². The molecular formula is C21H26BrNO3. The number of carbonyl (C=O) groups is 1. The lowest BCUT2D eigenvalue weighted by atomic mass is 10.0. The fourth-order valence-electron chi connectivity index (χ4n) is 3.03. The van der Waals surface area contributed by atoms with Crippen LogP contribution in [-0.4, -0.2) is 41.2 Å². The number of nitrogens with zero attached hydrogens (tertiary/aromatic N) is 1. The molecule has 0 spiro atoms. The van der Waals surface area contributed by atoms with Crippen molar-refractivity contribution < 1.29 is 14.6 Å². The van der Waals surface area contributed by atoms with Crippen molar-refractivity contribution in [1.29, 1.82) is 0 Å². The van der Waals surface area contributed by atoms with Gasteiger partial charge in [-0.15, -0.1) is 0 Å². The predicted molar refractivity (Wildman–Crippen MR) is 109 cm³/mol. The molecule has 0 aliphatic rings. The van der Waals surface area contributed by atoms with Crippen molar-refractivity contribution in [3.8, 4) is 16.9 Å². The first kappa shape index (κ1) is 20.5. The SMILES string of the molecule is CC(C)N(CCOC(=O)c1cc(Br)cc(-c2ccccc2)c1O)C(C)C. The predicted octanol–water partition coefficient (Wildman–Crippen LogP) is 5.10. The minimum absolute atomic E-state index is 0.0611. The van der Waals surface area contributed by atoms with Crippen molar-refractivity contribution in [2.24, 2.45) is 0 Å². The minimum atomic E-state index is -0.520. The Balaban J connectivity index is 2.16. The quantitative estimate of drug-likeness (QED) is 0.634. The molecule has 2 aromatic carbocycles. The molecule has 0 bridgehead atoms. The normalized spacial score (nSPS) is 11.4. The van der Waals surface area contributed by atoms with Gasteiger partial charge in [0.2, 0.25) is 0 Å². The second kappa shape index (κ2) is 9.19. The van der Waals surface area contributed by atoms with E-state index in [0.29, 0.717) is 28.7 Å². The van der Waals surface area contributed by atoms with E-state index in [-0.39, 0.29) is 17.9 Å². The van der Waals surface area contributed by atoms with Gasteiger partial charge in [0.05, 0.1) is 0 Å². The fourth-order valence-corrected chi connectivity index (χ4v) is 3.48. The van der Waals surface area contributed by atoms with Crippen LogP contribution in [0.4, 0.5) is 0 Å². The standard InChI is InChI=1S/C21H26BrNO3/c1-14(2)23(15(3)4)10-11-26-21(25)19-13-17(22)12-18(20(19)24)16-8-6-5-7-9-16/h5-9,12-15,24H,10-11H2,1-4H3. The van der Waals surface area contributed by atoms with Gasteiger partial charge in [-0.3, -0.25) is 4.90 Å². The summed E-state index contributed by atoms with van der Waals surface area (Å²) in [5, 5.41) is 10.6. The second-order valence-electron chi connectivity index (χ2n) is 6.78. The maximum atomic E-state index is 12.5. The number of hydrogen-bond donors (Lipinski definition) is 1. The van der Waals surface area contributed by atoms with Crippen molar-refractivity contribution in [2.45, 2.75) is 39.8 Å². The summed E-state index contributed by atoms with van der Waals surface area (Å²) in [7, 11) is 0. The largest absolute Gasteiger partial charge is 0.506 e. The third kappa shape index (κ3) is 5.08. The second-order valence-corrected chi connectivity index (χ2v) is 7.69. The Morgan fingerprint density at radius 3 is 2.31 bits per heavy atom. The molecule has 4 nitrogen and oxygen atoms in total. The van der Waals surface area contributed by atoms with E-state index < -0.39 is 5.97 Å². The summed E-state index contributed by atoms with van der Waals surface area (Å²) in [6, 6.07) is 13.6. The van der Waals surface area contributed by atoms with Crippen LogP contribution in [0.25, 0.3) is 11.1 Å². The van der Waals surface area contributed by atoms with E-state index in [4.69, 9.17) is 4.74 Å². The van der Waals surface area contributed by atoms with Crippen LogP contribution in [0, 0.1) is 0 Å². The smallest absolute Gasteiger partial charge is 0.342 e. The maximum Gasteiger partial charge on any atom is 0.342 e. The number of hydrogen-bond acceptors (Lipinski definition) is 4. The van der Waals surface area contributed by atoms with Crippen LogP contribution in [-0.2, 0) is 4.74 Å². The molecule has 5 heteroatoms. The molecule has 0 radical (unpaired) electrons. The van der Waals surface area contributed by atoms with Gasteiger partial charge in [0.15, 0.2) is 0 Å². The number of phenols is 1. The van der Waals surface area contributed by atoms with Gasteiger partial charge < -0.3 is 9.84 Å². The fraction of sp³-hybridized carbons (Fsp3) is 0.381. The van der Waals surface area contributed by atoms with Gasteiger partial charge in [0, 0.05) is 28.7 Å². The van der Waals surface area contributed by atoms with Crippen LogP contribution in [0.3, 0.4) is 0 Å². The Kier molecular flexibility index (Phi) is 7.23. The van der Waals surface area contributed by atoms with Crippen molar-refractivity contribution in [1.82, 2.24) is 4.90 Å². The molecule has 2 rings (SSSR count). The highest BCUT2D eigenvalue weighted by molar-refractivity contribution is 9.10. The van der Waals surface area contributed by atoms with Gasteiger partial charge in [0.25, 0.3) is 0 Å². The third-order valence-electron chi connectivity index (χ3n) is 4.29. The summed E-state index contributed by atoms with van der Waals surface area (Å²) in [6.07, 6.45) is 0. The van der Waals surface area contributed by atoms with Crippen molar-refractivity contribution in [3.05, 3.63) is 52.5 Å². The summed E-state index contributed by atoms with van der Waals surface area (Å²) in [5.41, 5.74) is 1.60. The Bertz CT molecular complexity index is 736. The van der Waals surface area contributed by atoms with Gasteiger partial charge in [-0.2, -0.15) is 0 Å². The maximum absolute atomic E-state index is 12.5. The molecule has 0 aliphatic carbocycles. The van der Waals surface area contributed by atoms with Gasteiger partial charge in [-0.05, 0) is 45.4 Å². The van der Waals surface area contributed by atoms with Crippen molar-refractivity contribution in [2.75, 3.05) is 13.2 Å². The van der Waals surface area contributed by atoms with E-state index in [1.54, 1.807) is 12.1 Å². The number of aromatic hydroxyl groups is 1. The molecule has 0 amide bonds. The molecule has 0 heterocycles. The lowest BCUT2D eigenvalue weighted by Gasteiger charge is -2.30. The van der Waals surface area contributed by atoms with Gasteiger partial charge in [0.1, 0.15) is 17.9 Å². The number of benzene rings is 2. The average Bonchev–Trinajstić information content (AvgIpc) is 2.60. The molecule has 0 saturated carbocycles. The lowest BCUT2D eigenvalue weighted by Crippen LogP contribution is -2.39. The average molecular weight is 420 g/mol. The molecule has 140 valence electrons. The van der Waals surface area contributed by atoms with E-state index in [2.05, 4.69) is 48.5 Å². The number of rotatable bonds is 7. The number of carbonyl (C=O) groups excluding carboxylic acids is 1. The van der Waals surface area contributed by atoms with Gasteiger partial charge in [-0.25, -0.2) is 4.79 Å². The number of phenolic OH excluding ortho intramolecular Hbond substituents is 1. The molecule has 1 N–H and O–H groups in total. The van der Waals surface area contributed by atoms with Crippen LogP contribution < -0.4 is 0 Å². The first-order valence-corrected chi connectivity index (χ1v) is 9.61. The molecule has 0 atom stereocenters. The monoisotopic (exact) mass is 419 g/mol. The van der Waals surface area contributed by atoms with E-state index in [1.165, 1.54) is 0 Å². The topological polar surface area (TPSA) is 49.8 Å². The highest BCUT2D eigenvalue weighted by Crippen LogP contribution is 2.35. The summed E-state index contributed by atoms with van der Waals surface area (Å²) in [4.78, 5) is 14.8. The molecule has 26 heavy (non-hydrogen) atoms. The number of halogens is 1. The van der Waals surface area contributed by atoms with Crippen LogP contribution in [0.1, 0.15) is 38.1 Å². The van der Waals surface area contributed by atoms with Gasteiger partial charge in [-0.1, -0.05) is 46.3 Å². The zero-order chi connectivity index (χ0) is 19.3. The zero-order valence-corrected chi connectivity index (χ0v) is 17.3.